The third-order valence-corrected chi connectivity index (χ3v) is 7.01. The molecule has 0 aromatic carbocycles. The van der Waals surface area contributed by atoms with E-state index < -0.39 is 0 Å². The average molecular weight is 348 g/mol. The van der Waals surface area contributed by atoms with Crippen molar-refractivity contribution in [1.82, 2.24) is 14.9 Å². The van der Waals surface area contributed by atoms with Crippen molar-refractivity contribution < 1.29 is 4.79 Å². The van der Waals surface area contributed by atoms with Gasteiger partial charge >= 0.3 is 0 Å². The fraction of sp³-hybridized carbons (Fsp3) is 0.588. The van der Waals surface area contributed by atoms with E-state index in [4.69, 9.17) is 0 Å². The lowest BCUT2D eigenvalue weighted by Gasteiger charge is -2.41. The number of hydrogen-bond acceptors (Lipinski definition) is 5. The molecule has 2 atom stereocenters. The van der Waals surface area contributed by atoms with Gasteiger partial charge in [-0.25, -0.2) is 9.97 Å². The van der Waals surface area contributed by atoms with Crippen LogP contribution in [0.1, 0.15) is 32.1 Å². The van der Waals surface area contributed by atoms with Crippen molar-refractivity contribution in [2.24, 2.45) is 11.8 Å². The van der Waals surface area contributed by atoms with Gasteiger partial charge in [0.25, 0.3) is 0 Å². The minimum absolute atomic E-state index is 0.265. The monoisotopic (exact) mass is 347 g/mol. The molecule has 1 amide bonds. The molecule has 0 unspecified atom stereocenters. The molecule has 1 saturated carbocycles. The van der Waals surface area contributed by atoms with Gasteiger partial charge in [0.15, 0.2) is 0 Å². The number of nitrogens with zero attached hydrogens (tertiary/aromatic N) is 3. The van der Waals surface area contributed by atoms with Crippen LogP contribution in [-0.4, -0.2) is 39.6 Å². The summed E-state index contributed by atoms with van der Waals surface area (Å²) in [6.07, 6.45) is 8.20. The molecule has 23 heavy (non-hydrogen) atoms. The molecule has 6 heteroatoms. The van der Waals surface area contributed by atoms with Crippen LogP contribution in [0.2, 0.25) is 0 Å². The number of thiophene rings is 1. The number of rotatable bonds is 3. The second-order valence-corrected chi connectivity index (χ2v) is 8.40. The highest BCUT2D eigenvalue weighted by atomic mass is 32.2. The van der Waals surface area contributed by atoms with Gasteiger partial charge in [0, 0.05) is 18.5 Å². The summed E-state index contributed by atoms with van der Waals surface area (Å²) in [6, 6.07) is 2.04. The maximum Gasteiger partial charge on any atom is 0.232 e. The zero-order chi connectivity index (χ0) is 15.6. The number of carbonyl (C=O) groups is 1. The second kappa shape index (κ2) is 6.77. The molecular formula is C17H21N3OS2. The van der Waals surface area contributed by atoms with Gasteiger partial charge in [0.1, 0.15) is 16.2 Å². The third-order valence-electron chi connectivity index (χ3n) is 5.20. The number of hydrogen-bond donors (Lipinski definition) is 0. The zero-order valence-electron chi connectivity index (χ0n) is 13.1. The lowest BCUT2D eigenvalue weighted by Crippen LogP contribution is -2.45. The predicted octanol–water partition coefficient (Wildman–Crippen LogP) is 3.82. The topological polar surface area (TPSA) is 46.1 Å². The summed E-state index contributed by atoms with van der Waals surface area (Å²) in [5.74, 6) is 2.36. The first-order valence-corrected chi connectivity index (χ1v) is 10.3. The van der Waals surface area contributed by atoms with Crippen molar-refractivity contribution >= 4 is 39.2 Å². The molecule has 3 heterocycles. The van der Waals surface area contributed by atoms with Crippen molar-refractivity contribution in [3.8, 4) is 0 Å². The summed E-state index contributed by atoms with van der Waals surface area (Å²) in [4.78, 5) is 24.3. The highest BCUT2D eigenvalue weighted by molar-refractivity contribution is 8.00. The van der Waals surface area contributed by atoms with Crippen LogP contribution in [0.15, 0.2) is 22.8 Å². The molecule has 4 nitrogen and oxygen atoms in total. The molecule has 0 spiro atoms. The first-order chi connectivity index (χ1) is 11.3. The zero-order valence-corrected chi connectivity index (χ0v) is 14.7. The minimum atomic E-state index is 0.265. The van der Waals surface area contributed by atoms with Crippen LogP contribution in [0.25, 0.3) is 10.2 Å². The molecule has 2 fully saturated rings. The van der Waals surface area contributed by atoms with Crippen LogP contribution in [0.4, 0.5) is 0 Å². The van der Waals surface area contributed by atoms with Crippen LogP contribution < -0.4 is 0 Å². The Morgan fingerprint density at radius 3 is 3.04 bits per heavy atom. The van der Waals surface area contributed by atoms with E-state index in [0.717, 1.165) is 40.2 Å². The van der Waals surface area contributed by atoms with Crippen molar-refractivity contribution in [1.29, 1.82) is 0 Å². The molecule has 122 valence electrons. The largest absolute Gasteiger partial charge is 0.342 e. The fourth-order valence-corrected chi connectivity index (χ4v) is 5.61. The molecule has 2 aliphatic rings. The Hall–Kier alpha value is -1.14. The summed E-state index contributed by atoms with van der Waals surface area (Å²) in [5.41, 5.74) is 0. The molecule has 2 aromatic heterocycles. The van der Waals surface area contributed by atoms with Crippen LogP contribution in [0.3, 0.4) is 0 Å². The smallest absolute Gasteiger partial charge is 0.232 e. The average Bonchev–Trinajstić information content (AvgIpc) is 3.08. The SMILES string of the molecule is O=C(CSc1ncnc2sccc12)N1CC[C@@H]2CCCC[C@@H]2C1. The lowest BCUT2D eigenvalue weighted by atomic mass is 9.75. The van der Waals surface area contributed by atoms with E-state index >= 15 is 0 Å². The summed E-state index contributed by atoms with van der Waals surface area (Å²) >= 11 is 3.17. The van der Waals surface area contributed by atoms with Gasteiger partial charge in [0.2, 0.25) is 5.91 Å². The number of aromatic nitrogens is 2. The van der Waals surface area contributed by atoms with Gasteiger partial charge in [-0.1, -0.05) is 31.0 Å². The Morgan fingerprint density at radius 2 is 2.13 bits per heavy atom. The van der Waals surface area contributed by atoms with Gasteiger partial charge in [-0.05, 0) is 36.1 Å². The number of thioether (sulfide) groups is 1. The number of amides is 1. The molecule has 1 aliphatic heterocycles. The first kappa shape index (κ1) is 15.4. The van der Waals surface area contributed by atoms with Crippen molar-refractivity contribution in [2.45, 2.75) is 37.1 Å². The summed E-state index contributed by atoms with van der Waals surface area (Å²) in [7, 11) is 0. The molecule has 0 bridgehead atoms. The Balaban J connectivity index is 1.37. The number of carbonyl (C=O) groups excluding carboxylic acids is 1. The van der Waals surface area contributed by atoms with E-state index in [1.165, 1.54) is 32.1 Å². The quantitative estimate of drug-likeness (QED) is 0.625. The summed E-state index contributed by atoms with van der Waals surface area (Å²) < 4.78 is 0. The summed E-state index contributed by atoms with van der Waals surface area (Å²) in [5, 5.41) is 4.03. The van der Waals surface area contributed by atoms with Gasteiger partial charge in [0.05, 0.1) is 5.75 Å². The standard InChI is InChI=1S/C17H21N3OS2/c21-15(20-7-5-12-3-1-2-4-13(12)9-20)10-23-17-14-6-8-22-16(14)18-11-19-17/h6,8,11-13H,1-5,7,9-10H2/t12-,13+/m0/s1. The molecule has 1 saturated heterocycles. The Kier molecular flexibility index (Phi) is 4.53. The van der Waals surface area contributed by atoms with Gasteiger partial charge in [-0.15, -0.1) is 11.3 Å². The molecule has 0 radical (unpaired) electrons. The van der Waals surface area contributed by atoms with Crippen LogP contribution in [0.5, 0.6) is 0 Å². The summed E-state index contributed by atoms with van der Waals surface area (Å²) in [6.45, 7) is 1.92. The number of fused-ring (bicyclic) bond motifs is 2. The maximum absolute atomic E-state index is 12.6. The van der Waals surface area contributed by atoms with Gasteiger partial charge in [-0.3, -0.25) is 4.79 Å². The van der Waals surface area contributed by atoms with Gasteiger partial charge < -0.3 is 4.90 Å². The number of piperidine rings is 1. The maximum atomic E-state index is 12.6. The third kappa shape index (κ3) is 3.24. The van der Waals surface area contributed by atoms with E-state index in [1.54, 1.807) is 29.4 Å². The molecule has 1 aliphatic carbocycles. The Labute approximate surface area is 144 Å². The van der Waals surface area contributed by atoms with E-state index in [0.29, 0.717) is 5.75 Å². The minimum Gasteiger partial charge on any atom is -0.342 e. The molecule has 2 aromatic rings. The number of likely N-dealkylation sites (tertiary alicyclic amines) is 1. The van der Waals surface area contributed by atoms with Crippen LogP contribution >= 0.6 is 23.1 Å². The Morgan fingerprint density at radius 1 is 1.26 bits per heavy atom. The molecule has 4 rings (SSSR count). The highest BCUT2D eigenvalue weighted by Gasteiger charge is 2.32. The van der Waals surface area contributed by atoms with E-state index in [-0.39, 0.29) is 5.91 Å². The fourth-order valence-electron chi connectivity index (χ4n) is 3.93. The highest BCUT2D eigenvalue weighted by Crippen LogP contribution is 2.36. The van der Waals surface area contributed by atoms with E-state index in [2.05, 4.69) is 14.9 Å². The van der Waals surface area contributed by atoms with Gasteiger partial charge in [-0.2, -0.15) is 0 Å². The second-order valence-electron chi connectivity index (χ2n) is 6.54. The van der Waals surface area contributed by atoms with E-state index in [1.807, 2.05) is 11.4 Å². The van der Waals surface area contributed by atoms with Crippen molar-refractivity contribution in [3.05, 3.63) is 17.8 Å². The normalized spacial score (nSPS) is 24.6. The molecule has 0 N–H and O–H groups in total. The Bertz CT molecular complexity index is 702. The first-order valence-electron chi connectivity index (χ1n) is 8.40. The van der Waals surface area contributed by atoms with Crippen LogP contribution in [-0.2, 0) is 4.79 Å². The predicted molar refractivity (Wildman–Crippen MR) is 94.8 cm³/mol. The molecular weight excluding hydrogens is 326 g/mol. The van der Waals surface area contributed by atoms with Crippen LogP contribution in [0, 0.1) is 11.8 Å². The van der Waals surface area contributed by atoms with E-state index in [9.17, 15) is 4.79 Å². The van der Waals surface area contributed by atoms with Crippen molar-refractivity contribution in [3.63, 3.8) is 0 Å². The van der Waals surface area contributed by atoms with Crippen molar-refractivity contribution in [2.75, 3.05) is 18.8 Å². The lowest BCUT2D eigenvalue weighted by molar-refractivity contribution is -0.131.